The van der Waals surface area contributed by atoms with Crippen LogP contribution in [0, 0.1) is 5.92 Å². The molecule has 6 nitrogen and oxygen atoms in total. The van der Waals surface area contributed by atoms with Gasteiger partial charge in [0.15, 0.2) is 0 Å². The molecule has 1 aromatic carbocycles. The van der Waals surface area contributed by atoms with Crippen molar-refractivity contribution >= 4 is 11.9 Å². The molecule has 1 aliphatic heterocycles. The van der Waals surface area contributed by atoms with E-state index in [-0.39, 0.29) is 5.91 Å². The first-order valence-electron chi connectivity index (χ1n) is 8.21. The zero-order valence-corrected chi connectivity index (χ0v) is 13.8. The lowest BCUT2D eigenvalue weighted by Crippen LogP contribution is -2.39. The molecule has 0 unspecified atom stereocenters. The molecule has 3 rings (SSSR count). The Hall–Kier alpha value is -2.63. The highest BCUT2D eigenvalue weighted by atomic mass is 16.5. The van der Waals surface area contributed by atoms with Crippen LogP contribution < -0.4 is 15.0 Å². The molecule has 0 aliphatic carbocycles. The predicted octanol–water partition coefficient (Wildman–Crippen LogP) is 2.13. The van der Waals surface area contributed by atoms with Crippen molar-refractivity contribution in [1.82, 2.24) is 15.3 Å². The van der Waals surface area contributed by atoms with Crippen LogP contribution >= 0.6 is 0 Å². The van der Waals surface area contributed by atoms with Gasteiger partial charge in [-0.1, -0.05) is 12.1 Å². The summed E-state index contributed by atoms with van der Waals surface area (Å²) in [5.41, 5.74) is 0.579. The topological polar surface area (TPSA) is 67.3 Å². The van der Waals surface area contributed by atoms with E-state index in [1.165, 1.54) is 0 Å². The number of aromatic nitrogens is 2. The highest BCUT2D eigenvalue weighted by Crippen LogP contribution is 2.21. The van der Waals surface area contributed by atoms with Crippen LogP contribution in [0.2, 0.25) is 0 Å². The van der Waals surface area contributed by atoms with Crippen LogP contribution in [0.5, 0.6) is 5.75 Å². The van der Waals surface area contributed by atoms with Gasteiger partial charge in [0.1, 0.15) is 5.75 Å². The monoisotopic (exact) mass is 326 g/mol. The lowest BCUT2D eigenvalue weighted by Gasteiger charge is -2.31. The van der Waals surface area contributed by atoms with Crippen molar-refractivity contribution in [2.75, 3.05) is 31.6 Å². The molecule has 0 bridgehead atoms. The normalized spacial score (nSPS) is 15.1. The fourth-order valence-electron chi connectivity index (χ4n) is 2.96. The number of hydrogen-bond acceptors (Lipinski definition) is 5. The summed E-state index contributed by atoms with van der Waals surface area (Å²) in [4.78, 5) is 23.1. The van der Waals surface area contributed by atoms with Crippen LogP contribution in [-0.2, 0) is 0 Å². The predicted molar refractivity (Wildman–Crippen MR) is 92.3 cm³/mol. The molecule has 6 heteroatoms. The molecule has 2 aromatic rings. The Morgan fingerprint density at radius 3 is 2.62 bits per heavy atom. The molecule has 0 radical (unpaired) electrons. The van der Waals surface area contributed by atoms with Gasteiger partial charge in [0.25, 0.3) is 5.91 Å². The summed E-state index contributed by atoms with van der Waals surface area (Å²) in [6.07, 6.45) is 5.57. The van der Waals surface area contributed by atoms with Crippen molar-refractivity contribution in [1.29, 1.82) is 0 Å². The average molecular weight is 326 g/mol. The Kier molecular flexibility index (Phi) is 5.25. The fraction of sp³-hybridized carbons (Fsp3) is 0.389. The molecule has 0 spiro atoms. The molecule has 1 amide bonds. The number of methoxy groups -OCH3 is 1. The minimum atomic E-state index is -0.0822. The fourth-order valence-corrected chi connectivity index (χ4v) is 2.96. The summed E-state index contributed by atoms with van der Waals surface area (Å²) < 4.78 is 5.24. The highest BCUT2D eigenvalue weighted by Gasteiger charge is 2.21. The highest BCUT2D eigenvalue weighted by molar-refractivity contribution is 5.96. The Morgan fingerprint density at radius 2 is 1.92 bits per heavy atom. The number of amides is 1. The lowest BCUT2D eigenvalue weighted by molar-refractivity contribution is 0.0942. The van der Waals surface area contributed by atoms with Gasteiger partial charge in [-0.25, -0.2) is 9.97 Å². The van der Waals surface area contributed by atoms with E-state index in [0.29, 0.717) is 23.8 Å². The first-order chi connectivity index (χ1) is 11.8. The molecule has 1 saturated heterocycles. The van der Waals surface area contributed by atoms with Crippen molar-refractivity contribution in [3.05, 3.63) is 48.3 Å². The largest absolute Gasteiger partial charge is 0.496 e. The first-order valence-corrected chi connectivity index (χ1v) is 8.21. The maximum Gasteiger partial charge on any atom is 0.255 e. The number of rotatable bonds is 5. The van der Waals surface area contributed by atoms with Gasteiger partial charge < -0.3 is 15.0 Å². The molecule has 1 aliphatic rings. The Bertz CT molecular complexity index is 670. The number of ether oxygens (including phenoxy) is 1. The molecule has 1 aromatic heterocycles. The van der Waals surface area contributed by atoms with Gasteiger partial charge in [0.2, 0.25) is 5.95 Å². The Balaban J connectivity index is 1.49. The van der Waals surface area contributed by atoms with Gasteiger partial charge in [-0.05, 0) is 37.0 Å². The van der Waals surface area contributed by atoms with Gasteiger partial charge >= 0.3 is 0 Å². The second-order valence-electron chi connectivity index (χ2n) is 5.89. The third-order valence-electron chi connectivity index (χ3n) is 4.35. The van der Waals surface area contributed by atoms with E-state index in [9.17, 15) is 4.79 Å². The van der Waals surface area contributed by atoms with E-state index in [0.717, 1.165) is 31.9 Å². The smallest absolute Gasteiger partial charge is 0.255 e. The number of carbonyl (C=O) groups excluding carboxylic acids is 1. The zero-order valence-electron chi connectivity index (χ0n) is 13.8. The quantitative estimate of drug-likeness (QED) is 0.912. The summed E-state index contributed by atoms with van der Waals surface area (Å²) in [6.45, 7) is 2.51. The summed E-state index contributed by atoms with van der Waals surface area (Å²) in [5, 5.41) is 3.03. The maximum atomic E-state index is 12.3. The third-order valence-corrected chi connectivity index (χ3v) is 4.35. The third kappa shape index (κ3) is 3.82. The summed E-state index contributed by atoms with van der Waals surface area (Å²) in [6, 6.07) is 9.10. The number of piperidine rings is 1. The van der Waals surface area contributed by atoms with E-state index in [1.54, 1.807) is 31.6 Å². The number of nitrogens with zero attached hydrogens (tertiary/aromatic N) is 3. The van der Waals surface area contributed by atoms with Crippen LogP contribution in [0.4, 0.5) is 5.95 Å². The number of para-hydroxylation sites is 1. The number of anilines is 1. The van der Waals surface area contributed by atoms with E-state index >= 15 is 0 Å². The van der Waals surface area contributed by atoms with Gasteiger partial charge in [0, 0.05) is 32.0 Å². The molecule has 1 N–H and O–H groups in total. The summed E-state index contributed by atoms with van der Waals surface area (Å²) >= 11 is 0. The van der Waals surface area contributed by atoms with Crippen LogP contribution in [-0.4, -0.2) is 42.6 Å². The summed E-state index contributed by atoms with van der Waals surface area (Å²) in [5.74, 6) is 1.78. The molecular weight excluding hydrogens is 304 g/mol. The van der Waals surface area contributed by atoms with Gasteiger partial charge in [-0.2, -0.15) is 0 Å². The number of benzene rings is 1. The van der Waals surface area contributed by atoms with Crippen LogP contribution in [0.25, 0.3) is 0 Å². The second-order valence-corrected chi connectivity index (χ2v) is 5.89. The number of hydrogen-bond donors (Lipinski definition) is 1. The van der Waals surface area contributed by atoms with E-state index in [1.807, 2.05) is 18.2 Å². The molecule has 2 heterocycles. The average Bonchev–Trinajstić information content (AvgIpc) is 2.67. The second kappa shape index (κ2) is 7.77. The van der Waals surface area contributed by atoms with Crippen molar-refractivity contribution in [3.63, 3.8) is 0 Å². The van der Waals surface area contributed by atoms with Gasteiger partial charge in [-0.3, -0.25) is 4.79 Å². The maximum absolute atomic E-state index is 12.3. The van der Waals surface area contributed by atoms with Gasteiger partial charge in [0.05, 0.1) is 12.7 Å². The van der Waals surface area contributed by atoms with Crippen LogP contribution in [0.1, 0.15) is 23.2 Å². The van der Waals surface area contributed by atoms with E-state index < -0.39 is 0 Å². The standard InChI is InChI=1S/C18H22N4O2/c1-24-16-6-3-2-5-15(16)17(23)21-13-14-7-11-22(12-8-14)18-19-9-4-10-20-18/h2-6,9-10,14H,7-8,11-13H2,1H3,(H,21,23). The molecule has 126 valence electrons. The molecule has 24 heavy (non-hydrogen) atoms. The number of nitrogens with one attached hydrogen (secondary N) is 1. The zero-order chi connectivity index (χ0) is 16.8. The van der Waals surface area contributed by atoms with Gasteiger partial charge in [-0.15, -0.1) is 0 Å². The molecule has 1 fully saturated rings. The van der Waals surface area contributed by atoms with E-state index in [4.69, 9.17) is 4.74 Å². The molecular formula is C18H22N4O2. The van der Waals surface area contributed by atoms with Crippen LogP contribution in [0.3, 0.4) is 0 Å². The Labute approximate surface area is 141 Å². The molecule has 0 atom stereocenters. The van der Waals surface area contributed by atoms with Crippen LogP contribution in [0.15, 0.2) is 42.7 Å². The van der Waals surface area contributed by atoms with Crippen molar-refractivity contribution in [3.8, 4) is 5.75 Å². The Morgan fingerprint density at radius 1 is 1.21 bits per heavy atom. The van der Waals surface area contributed by atoms with Crippen molar-refractivity contribution in [2.45, 2.75) is 12.8 Å². The lowest BCUT2D eigenvalue weighted by atomic mass is 9.97. The minimum absolute atomic E-state index is 0.0822. The van der Waals surface area contributed by atoms with Crippen molar-refractivity contribution < 1.29 is 9.53 Å². The summed E-state index contributed by atoms with van der Waals surface area (Å²) in [7, 11) is 1.58. The SMILES string of the molecule is COc1ccccc1C(=O)NCC1CCN(c2ncccn2)CC1. The number of carbonyl (C=O) groups is 1. The first kappa shape index (κ1) is 16.2. The molecule has 0 saturated carbocycles. The van der Waals surface area contributed by atoms with E-state index in [2.05, 4.69) is 20.2 Å². The minimum Gasteiger partial charge on any atom is -0.496 e. The van der Waals surface area contributed by atoms with Crippen molar-refractivity contribution in [2.24, 2.45) is 5.92 Å².